The van der Waals surface area contributed by atoms with Crippen LogP contribution >= 0.6 is 11.6 Å². The molecule has 0 unspecified atom stereocenters. The smallest absolute Gasteiger partial charge is 0.427 e. The lowest BCUT2D eigenvalue weighted by Crippen LogP contribution is -2.12. The number of alkyl halides is 3. The summed E-state index contributed by atoms with van der Waals surface area (Å²) in [6.45, 7) is 0. The summed E-state index contributed by atoms with van der Waals surface area (Å²) in [5.74, 6) is -0.229. The standard InChI is InChI=1S/C9H4ClF5O2/c10-5-1-3-6(4-2-5)16-7(11)8(12)17-9(13,14)15/h1-4H/b8-7+. The zero-order valence-corrected chi connectivity index (χ0v) is 8.65. The topological polar surface area (TPSA) is 18.5 Å². The van der Waals surface area contributed by atoms with Gasteiger partial charge in [-0.15, -0.1) is 13.2 Å². The largest absolute Gasteiger partial charge is 0.574 e. The van der Waals surface area contributed by atoms with Gasteiger partial charge in [-0.2, -0.15) is 8.78 Å². The summed E-state index contributed by atoms with van der Waals surface area (Å²) in [5.41, 5.74) is 0. The van der Waals surface area contributed by atoms with Crippen LogP contribution in [0.1, 0.15) is 0 Å². The molecule has 0 saturated carbocycles. The molecular formula is C9H4ClF5O2. The molecule has 2 nitrogen and oxygen atoms in total. The first-order valence-electron chi connectivity index (χ1n) is 4.02. The Morgan fingerprint density at radius 2 is 1.53 bits per heavy atom. The van der Waals surface area contributed by atoms with Gasteiger partial charge < -0.3 is 9.47 Å². The van der Waals surface area contributed by atoms with E-state index in [-0.39, 0.29) is 5.75 Å². The predicted molar refractivity (Wildman–Crippen MR) is 48.5 cm³/mol. The maximum Gasteiger partial charge on any atom is 0.574 e. The van der Waals surface area contributed by atoms with Crippen molar-refractivity contribution in [1.82, 2.24) is 0 Å². The minimum Gasteiger partial charge on any atom is -0.427 e. The molecule has 0 radical (unpaired) electrons. The summed E-state index contributed by atoms with van der Waals surface area (Å²) in [4.78, 5) is 0. The van der Waals surface area contributed by atoms with E-state index in [2.05, 4.69) is 9.47 Å². The van der Waals surface area contributed by atoms with Crippen molar-refractivity contribution in [2.45, 2.75) is 6.36 Å². The fourth-order valence-electron chi connectivity index (χ4n) is 0.788. The van der Waals surface area contributed by atoms with Crippen molar-refractivity contribution >= 4 is 11.6 Å². The van der Waals surface area contributed by atoms with Crippen molar-refractivity contribution < 1.29 is 31.4 Å². The molecule has 0 N–H and O–H groups in total. The van der Waals surface area contributed by atoms with Gasteiger partial charge in [0.25, 0.3) is 0 Å². The molecule has 0 spiro atoms. The molecule has 0 fully saturated rings. The van der Waals surface area contributed by atoms with E-state index in [1.54, 1.807) is 0 Å². The van der Waals surface area contributed by atoms with E-state index in [4.69, 9.17) is 11.6 Å². The lowest BCUT2D eigenvalue weighted by molar-refractivity contribution is -0.316. The Labute approximate surface area is 97.2 Å². The summed E-state index contributed by atoms with van der Waals surface area (Å²) in [7, 11) is 0. The Kier molecular flexibility index (Phi) is 4.17. The molecule has 94 valence electrons. The van der Waals surface area contributed by atoms with E-state index in [9.17, 15) is 22.0 Å². The van der Waals surface area contributed by atoms with Gasteiger partial charge in [-0.25, -0.2) is 0 Å². The number of ether oxygens (including phenoxy) is 2. The zero-order chi connectivity index (χ0) is 13.1. The van der Waals surface area contributed by atoms with Crippen molar-refractivity contribution in [2.24, 2.45) is 0 Å². The second-order valence-corrected chi connectivity index (χ2v) is 3.09. The van der Waals surface area contributed by atoms with Gasteiger partial charge in [0.05, 0.1) is 0 Å². The van der Waals surface area contributed by atoms with Crippen molar-refractivity contribution in [2.75, 3.05) is 0 Å². The number of benzene rings is 1. The average molecular weight is 275 g/mol. The molecule has 1 aromatic rings. The molecule has 0 aliphatic rings. The fraction of sp³-hybridized carbons (Fsp3) is 0.111. The highest BCUT2D eigenvalue weighted by Gasteiger charge is 2.34. The summed E-state index contributed by atoms with van der Waals surface area (Å²) in [6, 6.07) is 0.211. The van der Waals surface area contributed by atoms with Crippen LogP contribution in [0.25, 0.3) is 0 Å². The summed E-state index contributed by atoms with van der Waals surface area (Å²) >= 11 is 5.49. The second kappa shape index (κ2) is 5.22. The maximum absolute atomic E-state index is 12.7. The molecule has 1 rings (SSSR count). The Hall–Kier alpha value is -1.50. The molecule has 1 aromatic carbocycles. The van der Waals surface area contributed by atoms with Gasteiger partial charge in [-0.05, 0) is 24.3 Å². The predicted octanol–water partition coefficient (Wildman–Crippen LogP) is 4.32. The Morgan fingerprint density at radius 3 is 2.00 bits per heavy atom. The first-order valence-corrected chi connectivity index (χ1v) is 4.40. The van der Waals surface area contributed by atoms with Crippen molar-refractivity contribution in [3.63, 3.8) is 0 Å². The van der Waals surface area contributed by atoms with E-state index in [0.29, 0.717) is 5.02 Å². The Balaban J connectivity index is 2.73. The van der Waals surface area contributed by atoms with Crippen LogP contribution in [-0.4, -0.2) is 6.36 Å². The Bertz CT molecular complexity index is 412. The number of halogens is 6. The van der Waals surface area contributed by atoms with Gasteiger partial charge in [0.15, 0.2) is 0 Å². The van der Waals surface area contributed by atoms with Crippen LogP contribution in [0, 0.1) is 0 Å². The second-order valence-electron chi connectivity index (χ2n) is 2.65. The van der Waals surface area contributed by atoms with E-state index in [1.165, 1.54) is 12.1 Å². The molecule has 0 aromatic heterocycles. The summed E-state index contributed by atoms with van der Waals surface area (Å²) in [5, 5.41) is 0.300. The molecule has 0 heterocycles. The fourth-order valence-corrected chi connectivity index (χ4v) is 0.914. The van der Waals surface area contributed by atoms with Crippen molar-refractivity contribution in [3.05, 3.63) is 41.3 Å². The van der Waals surface area contributed by atoms with Crippen LogP contribution in [0.15, 0.2) is 36.3 Å². The summed E-state index contributed by atoms with van der Waals surface area (Å²) in [6.07, 6.45) is -5.33. The monoisotopic (exact) mass is 274 g/mol. The van der Waals surface area contributed by atoms with Crippen LogP contribution in [0.5, 0.6) is 5.75 Å². The first-order chi connectivity index (χ1) is 7.78. The average Bonchev–Trinajstić information content (AvgIpc) is 2.19. The molecule has 17 heavy (non-hydrogen) atoms. The quantitative estimate of drug-likeness (QED) is 0.603. The lowest BCUT2D eigenvalue weighted by Gasteiger charge is -2.07. The van der Waals surface area contributed by atoms with Gasteiger partial charge in [0.2, 0.25) is 0 Å². The van der Waals surface area contributed by atoms with Crippen molar-refractivity contribution in [3.8, 4) is 5.75 Å². The van der Waals surface area contributed by atoms with Gasteiger partial charge >= 0.3 is 18.4 Å². The third kappa shape index (κ3) is 4.90. The van der Waals surface area contributed by atoms with Crippen molar-refractivity contribution in [1.29, 1.82) is 0 Å². The van der Waals surface area contributed by atoms with E-state index in [1.807, 2.05) is 0 Å². The summed E-state index contributed by atoms with van der Waals surface area (Å²) < 4.78 is 66.6. The highest BCUT2D eigenvalue weighted by Crippen LogP contribution is 2.25. The molecule has 0 saturated heterocycles. The van der Waals surface area contributed by atoms with Crippen LogP contribution in [0.2, 0.25) is 5.02 Å². The Morgan fingerprint density at radius 1 is 1.00 bits per heavy atom. The molecule has 0 amide bonds. The highest BCUT2D eigenvalue weighted by atomic mass is 35.5. The molecule has 0 aliphatic heterocycles. The number of hydrogen-bond acceptors (Lipinski definition) is 2. The maximum atomic E-state index is 12.7. The number of rotatable bonds is 3. The molecule has 0 bridgehead atoms. The van der Waals surface area contributed by atoms with Crippen LogP contribution in [0.4, 0.5) is 22.0 Å². The molecule has 8 heteroatoms. The van der Waals surface area contributed by atoms with Gasteiger partial charge in [-0.1, -0.05) is 11.6 Å². The highest BCUT2D eigenvalue weighted by molar-refractivity contribution is 6.30. The molecule has 0 aliphatic carbocycles. The van der Waals surface area contributed by atoms with E-state index < -0.39 is 18.4 Å². The lowest BCUT2D eigenvalue weighted by atomic mass is 10.3. The van der Waals surface area contributed by atoms with Crippen LogP contribution in [0.3, 0.4) is 0 Å². The van der Waals surface area contributed by atoms with Gasteiger partial charge in [-0.3, -0.25) is 0 Å². The SMILES string of the molecule is F/C(Oc1ccc(Cl)cc1)=C(/F)OC(F)(F)F. The van der Waals surface area contributed by atoms with Crippen LogP contribution in [-0.2, 0) is 4.74 Å². The third-order valence-corrected chi connectivity index (χ3v) is 1.63. The van der Waals surface area contributed by atoms with E-state index in [0.717, 1.165) is 12.1 Å². The van der Waals surface area contributed by atoms with E-state index >= 15 is 0 Å². The minimum absolute atomic E-state index is 0.229. The van der Waals surface area contributed by atoms with Gasteiger partial charge in [0, 0.05) is 5.02 Å². The third-order valence-electron chi connectivity index (χ3n) is 1.38. The van der Waals surface area contributed by atoms with Crippen LogP contribution < -0.4 is 4.74 Å². The molecule has 0 atom stereocenters. The zero-order valence-electron chi connectivity index (χ0n) is 7.89. The molecular weight excluding hydrogens is 271 g/mol. The normalized spacial score (nSPS) is 13.1. The van der Waals surface area contributed by atoms with Gasteiger partial charge in [0.1, 0.15) is 5.75 Å². The number of hydrogen-bond donors (Lipinski definition) is 0. The minimum atomic E-state index is -5.33. The first kappa shape index (κ1) is 13.6.